The molecule has 9 heteroatoms. The van der Waals surface area contributed by atoms with Crippen molar-refractivity contribution in [2.45, 2.75) is 19.1 Å². The molecule has 1 aromatic heterocycles. The van der Waals surface area contributed by atoms with E-state index in [2.05, 4.69) is 0 Å². The van der Waals surface area contributed by atoms with Crippen LogP contribution in [-0.2, 0) is 4.79 Å². The van der Waals surface area contributed by atoms with Crippen LogP contribution in [0.25, 0.3) is 11.0 Å². The maximum Gasteiger partial charge on any atom is 0.405 e. The minimum Gasteiger partial charge on any atom is -0.459 e. The quantitative estimate of drug-likeness (QED) is 0.863. The largest absolute Gasteiger partial charge is 0.459 e. The van der Waals surface area contributed by atoms with Gasteiger partial charge >= 0.3 is 12.2 Å². The summed E-state index contributed by atoms with van der Waals surface area (Å²) in [4.78, 5) is 24.6. The van der Waals surface area contributed by atoms with Gasteiger partial charge in [0.2, 0.25) is 5.91 Å². The molecule has 2 rings (SSSR count). The molecule has 2 aromatic rings. The van der Waals surface area contributed by atoms with Gasteiger partial charge in [-0.25, -0.2) is 4.79 Å². The molecule has 6 nitrogen and oxygen atoms in total. The standard InChI is InChI=1S/C16H18F3N3O3/c1-10(13-7-11-5-3-4-6-12(11)25-13)22(2)8-14(23)21-15(24)20-9-16(17,18)19/h3-7,10H,8-9H2,1-2H3,(H2,20,21,23,24). The minimum absolute atomic E-state index is 0.183. The Morgan fingerprint density at radius 3 is 2.60 bits per heavy atom. The van der Waals surface area contributed by atoms with E-state index < -0.39 is 24.7 Å². The lowest BCUT2D eigenvalue weighted by Crippen LogP contribution is -2.46. The number of likely N-dealkylation sites (N-methyl/N-ethyl adjacent to an activating group) is 1. The number of benzene rings is 1. The van der Waals surface area contributed by atoms with Crippen molar-refractivity contribution >= 4 is 22.9 Å². The number of rotatable bonds is 5. The van der Waals surface area contributed by atoms with Crippen LogP contribution in [0.15, 0.2) is 34.7 Å². The summed E-state index contributed by atoms with van der Waals surface area (Å²) < 4.78 is 41.7. The van der Waals surface area contributed by atoms with Crippen molar-refractivity contribution in [2.75, 3.05) is 20.1 Å². The minimum atomic E-state index is -4.53. The monoisotopic (exact) mass is 357 g/mol. The van der Waals surface area contributed by atoms with Crippen molar-refractivity contribution in [1.29, 1.82) is 0 Å². The van der Waals surface area contributed by atoms with Gasteiger partial charge in [-0.2, -0.15) is 13.2 Å². The summed E-state index contributed by atoms with van der Waals surface area (Å²) in [5.41, 5.74) is 0.716. The lowest BCUT2D eigenvalue weighted by molar-refractivity contribution is -0.125. The highest BCUT2D eigenvalue weighted by molar-refractivity contribution is 5.95. The number of hydrogen-bond donors (Lipinski definition) is 2. The number of urea groups is 1. The van der Waals surface area contributed by atoms with Crippen molar-refractivity contribution in [3.8, 4) is 0 Å². The fraction of sp³-hybridized carbons (Fsp3) is 0.375. The highest BCUT2D eigenvalue weighted by Gasteiger charge is 2.28. The summed E-state index contributed by atoms with van der Waals surface area (Å²) in [6.07, 6.45) is -4.53. The number of para-hydroxylation sites is 1. The van der Waals surface area contributed by atoms with Gasteiger partial charge in [0.25, 0.3) is 0 Å². The number of nitrogens with one attached hydrogen (secondary N) is 2. The van der Waals surface area contributed by atoms with Crippen molar-refractivity contribution in [1.82, 2.24) is 15.5 Å². The highest BCUT2D eigenvalue weighted by Crippen LogP contribution is 2.26. The molecule has 0 fully saturated rings. The Morgan fingerprint density at radius 1 is 1.28 bits per heavy atom. The molecule has 1 heterocycles. The number of carbonyl (C=O) groups is 2. The van der Waals surface area contributed by atoms with Crippen LogP contribution in [0.3, 0.4) is 0 Å². The maximum absolute atomic E-state index is 12.0. The number of carbonyl (C=O) groups excluding carboxylic acids is 2. The van der Waals surface area contributed by atoms with Crippen LogP contribution in [-0.4, -0.2) is 43.2 Å². The fourth-order valence-corrected chi connectivity index (χ4v) is 2.18. The molecular weight excluding hydrogens is 339 g/mol. The zero-order valence-electron chi connectivity index (χ0n) is 13.7. The second-order valence-electron chi connectivity index (χ2n) is 5.62. The van der Waals surface area contributed by atoms with E-state index in [1.54, 1.807) is 17.3 Å². The van der Waals surface area contributed by atoms with E-state index >= 15 is 0 Å². The molecule has 136 valence electrons. The van der Waals surface area contributed by atoms with Crippen molar-refractivity contribution in [2.24, 2.45) is 0 Å². The van der Waals surface area contributed by atoms with Crippen LogP contribution in [0, 0.1) is 0 Å². The summed E-state index contributed by atoms with van der Waals surface area (Å²) in [5.74, 6) is -0.0804. The summed E-state index contributed by atoms with van der Waals surface area (Å²) >= 11 is 0. The van der Waals surface area contributed by atoms with Gasteiger partial charge in [-0.1, -0.05) is 18.2 Å². The van der Waals surface area contributed by atoms with Crippen LogP contribution in [0.1, 0.15) is 18.7 Å². The molecule has 0 saturated heterocycles. The van der Waals surface area contributed by atoms with Gasteiger partial charge in [-0.15, -0.1) is 0 Å². The Bertz CT molecular complexity index is 725. The Hall–Kier alpha value is -2.55. The molecule has 0 spiro atoms. The average molecular weight is 357 g/mol. The van der Waals surface area contributed by atoms with Gasteiger partial charge in [0.05, 0.1) is 12.6 Å². The van der Waals surface area contributed by atoms with E-state index in [4.69, 9.17) is 4.42 Å². The van der Waals surface area contributed by atoms with Gasteiger partial charge in [-0.3, -0.25) is 15.0 Å². The highest BCUT2D eigenvalue weighted by atomic mass is 19.4. The van der Waals surface area contributed by atoms with Crippen molar-refractivity contribution in [3.63, 3.8) is 0 Å². The molecule has 0 aliphatic rings. The first kappa shape index (κ1) is 18.8. The van der Waals surface area contributed by atoms with E-state index in [-0.39, 0.29) is 12.6 Å². The molecule has 2 N–H and O–H groups in total. The third-order valence-electron chi connectivity index (χ3n) is 3.61. The molecule has 0 aliphatic carbocycles. The summed E-state index contributed by atoms with van der Waals surface area (Å²) in [7, 11) is 1.64. The fourth-order valence-electron chi connectivity index (χ4n) is 2.18. The normalized spacial score (nSPS) is 13.0. The summed E-state index contributed by atoms with van der Waals surface area (Å²) in [6, 6.07) is 7.84. The maximum atomic E-state index is 12.0. The van der Waals surface area contributed by atoms with Gasteiger partial charge in [0.15, 0.2) is 0 Å². The van der Waals surface area contributed by atoms with E-state index in [1.165, 1.54) is 0 Å². The van der Waals surface area contributed by atoms with E-state index in [0.717, 1.165) is 5.39 Å². The molecule has 0 aliphatic heterocycles. The second-order valence-corrected chi connectivity index (χ2v) is 5.62. The van der Waals surface area contributed by atoms with E-state index in [1.807, 2.05) is 42.6 Å². The van der Waals surface area contributed by atoms with Gasteiger partial charge in [0.1, 0.15) is 17.9 Å². The topological polar surface area (TPSA) is 74.6 Å². The molecule has 25 heavy (non-hydrogen) atoms. The van der Waals surface area contributed by atoms with E-state index in [0.29, 0.717) is 11.3 Å². The van der Waals surface area contributed by atoms with E-state index in [9.17, 15) is 22.8 Å². The molecule has 1 unspecified atom stereocenters. The summed E-state index contributed by atoms with van der Waals surface area (Å²) in [6.45, 7) is 0.129. The second kappa shape index (κ2) is 7.56. The lowest BCUT2D eigenvalue weighted by Gasteiger charge is -2.22. The van der Waals surface area contributed by atoms with Crippen LogP contribution in [0.4, 0.5) is 18.0 Å². The molecule has 0 radical (unpaired) electrons. The van der Waals surface area contributed by atoms with Crippen LogP contribution >= 0.6 is 0 Å². The predicted octanol–water partition coefficient (Wildman–Crippen LogP) is 2.81. The number of halogens is 3. The average Bonchev–Trinajstić information content (AvgIpc) is 2.95. The summed E-state index contributed by atoms with van der Waals surface area (Å²) in [5, 5.41) is 4.35. The van der Waals surface area contributed by atoms with Gasteiger partial charge in [-0.05, 0) is 26.1 Å². The lowest BCUT2D eigenvalue weighted by atomic mass is 10.2. The third-order valence-corrected chi connectivity index (χ3v) is 3.61. The van der Waals surface area contributed by atoms with Crippen LogP contribution in [0.5, 0.6) is 0 Å². The first-order valence-electron chi connectivity index (χ1n) is 7.49. The molecule has 1 aromatic carbocycles. The number of furan rings is 1. The first-order valence-corrected chi connectivity index (χ1v) is 7.49. The third kappa shape index (κ3) is 5.49. The molecule has 0 bridgehead atoms. The molecular formula is C16H18F3N3O3. The van der Waals surface area contributed by atoms with Crippen LogP contribution < -0.4 is 10.6 Å². The zero-order valence-corrected chi connectivity index (χ0v) is 13.7. The van der Waals surface area contributed by atoms with Crippen LogP contribution in [0.2, 0.25) is 0 Å². The first-order chi connectivity index (χ1) is 11.7. The number of alkyl halides is 3. The molecule has 0 saturated carbocycles. The molecule has 3 amide bonds. The Balaban J connectivity index is 1.88. The predicted molar refractivity (Wildman–Crippen MR) is 84.9 cm³/mol. The van der Waals surface area contributed by atoms with Gasteiger partial charge in [0, 0.05) is 5.39 Å². The Morgan fingerprint density at radius 2 is 1.96 bits per heavy atom. The SMILES string of the molecule is CC(c1cc2ccccc2o1)N(C)CC(=O)NC(=O)NCC(F)(F)F. The van der Waals surface area contributed by atoms with Crippen molar-refractivity contribution in [3.05, 3.63) is 36.1 Å². The smallest absolute Gasteiger partial charge is 0.405 e. The number of hydrogen-bond acceptors (Lipinski definition) is 4. The number of nitrogens with zero attached hydrogens (tertiary/aromatic N) is 1. The number of amides is 3. The number of fused-ring (bicyclic) bond motifs is 1. The Labute approximate surface area is 142 Å². The Kier molecular flexibility index (Phi) is 5.68. The van der Waals surface area contributed by atoms with Gasteiger partial charge < -0.3 is 9.73 Å². The van der Waals surface area contributed by atoms with Crippen molar-refractivity contribution < 1.29 is 27.2 Å². The number of imide groups is 1. The zero-order chi connectivity index (χ0) is 18.6. The molecule has 1 atom stereocenters.